The molecule has 2 heterocycles. The van der Waals surface area contributed by atoms with Crippen LogP contribution in [0.1, 0.15) is 54.6 Å². The first kappa shape index (κ1) is 31.9. The summed E-state index contributed by atoms with van der Waals surface area (Å²) >= 11 is 0. The molecule has 0 radical (unpaired) electrons. The van der Waals surface area contributed by atoms with E-state index in [1.54, 1.807) is 29.1 Å². The van der Waals surface area contributed by atoms with Crippen molar-refractivity contribution < 1.29 is 28.2 Å². The topological polar surface area (TPSA) is 123 Å². The van der Waals surface area contributed by atoms with E-state index in [0.717, 1.165) is 16.5 Å². The van der Waals surface area contributed by atoms with Crippen LogP contribution in [-0.4, -0.2) is 70.1 Å². The molecule has 2 atom stereocenters. The summed E-state index contributed by atoms with van der Waals surface area (Å²) in [5.41, 5.74) is 6.82. The minimum absolute atomic E-state index is 0.00795. The van der Waals surface area contributed by atoms with Gasteiger partial charge in [-0.25, -0.2) is 13.5 Å². The lowest BCUT2D eigenvalue weighted by Gasteiger charge is -2.36. The molecule has 0 saturated carbocycles. The standard InChI is InChI=1S/C34H39F2N5O4/c1-21-13-27(38-20-34(44,19-35)18-33(2,3)26-16-23(36)10-11-30(26)45-4)25-17-39-41(29(25)14-21)24-8-5-7-22(15-24)32(43)40-12-6-9-28(40)31(37)42/h5,7-8,10-11,13-17,28,38,44H,6,9,12,18-20H2,1-4H3,(H2,37,42)/t28-,34?/m0/s1. The molecule has 1 unspecified atom stereocenters. The molecule has 11 heteroatoms. The molecule has 0 aliphatic carbocycles. The summed E-state index contributed by atoms with van der Waals surface area (Å²) in [6.07, 6.45) is 2.93. The van der Waals surface area contributed by atoms with Crippen molar-refractivity contribution in [3.05, 3.63) is 83.3 Å². The van der Waals surface area contributed by atoms with Crippen LogP contribution in [0, 0.1) is 12.7 Å². The number of primary amides is 1. The van der Waals surface area contributed by atoms with Crippen LogP contribution in [-0.2, 0) is 10.2 Å². The SMILES string of the molecule is COc1ccc(F)cc1C(C)(C)CC(O)(CF)CNc1cc(C)cc2c1cnn2-c1cccc(C(=O)N2CCC[C@H]2C(N)=O)c1. The highest BCUT2D eigenvalue weighted by Gasteiger charge is 2.38. The number of ether oxygens (including phenoxy) is 1. The van der Waals surface area contributed by atoms with E-state index in [-0.39, 0.29) is 18.9 Å². The quantitative estimate of drug-likeness (QED) is 0.216. The number of nitrogens with one attached hydrogen (secondary N) is 1. The van der Waals surface area contributed by atoms with E-state index in [0.29, 0.717) is 47.6 Å². The lowest BCUT2D eigenvalue weighted by atomic mass is 9.75. The number of fused-ring (bicyclic) bond motifs is 1. The maximum Gasteiger partial charge on any atom is 0.254 e. The van der Waals surface area contributed by atoms with Gasteiger partial charge in [-0.3, -0.25) is 9.59 Å². The van der Waals surface area contributed by atoms with E-state index in [1.807, 2.05) is 39.0 Å². The van der Waals surface area contributed by atoms with Crippen molar-refractivity contribution in [2.75, 3.05) is 32.2 Å². The molecule has 5 rings (SSSR count). The molecule has 2 amide bonds. The smallest absolute Gasteiger partial charge is 0.254 e. The number of rotatable bonds is 11. The lowest BCUT2D eigenvalue weighted by molar-refractivity contribution is -0.121. The van der Waals surface area contributed by atoms with Crippen LogP contribution in [0.25, 0.3) is 16.6 Å². The second kappa shape index (κ2) is 12.5. The summed E-state index contributed by atoms with van der Waals surface area (Å²) in [4.78, 5) is 26.7. The monoisotopic (exact) mass is 619 g/mol. The van der Waals surface area contributed by atoms with Gasteiger partial charge < -0.3 is 25.8 Å². The van der Waals surface area contributed by atoms with E-state index < -0.39 is 35.5 Å². The van der Waals surface area contributed by atoms with Crippen LogP contribution in [0.15, 0.2) is 60.8 Å². The summed E-state index contributed by atoms with van der Waals surface area (Å²) < 4.78 is 35.8. The van der Waals surface area contributed by atoms with Gasteiger partial charge in [-0.1, -0.05) is 19.9 Å². The number of hydrogen-bond acceptors (Lipinski definition) is 6. The number of hydrogen-bond donors (Lipinski definition) is 3. The van der Waals surface area contributed by atoms with Crippen LogP contribution in [0.5, 0.6) is 5.75 Å². The van der Waals surface area contributed by atoms with E-state index >= 15 is 0 Å². The van der Waals surface area contributed by atoms with Gasteiger partial charge in [0.15, 0.2) is 0 Å². The Labute approximate surface area is 261 Å². The number of benzene rings is 3. The van der Waals surface area contributed by atoms with Gasteiger partial charge in [-0.05, 0) is 85.7 Å². The second-order valence-corrected chi connectivity index (χ2v) is 12.5. The number of alkyl halides is 1. The zero-order valence-electron chi connectivity index (χ0n) is 25.9. The van der Waals surface area contributed by atoms with Crippen molar-refractivity contribution >= 4 is 28.4 Å². The summed E-state index contributed by atoms with van der Waals surface area (Å²) in [6.45, 7) is 4.87. The number of nitrogens with zero attached hydrogens (tertiary/aromatic N) is 3. The molecule has 1 aliphatic heterocycles. The molecule has 0 spiro atoms. The zero-order valence-corrected chi connectivity index (χ0v) is 25.9. The Hall–Kier alpha value is -4.51. The number of likely N-dealkylation sites (tertiary alicyclic amines) is 1. The van der Waals surface area contributed by atoms with Gasteiger partial charge in [0.2, 0.25) is 5.91 Å². The number of aromatic nitrogens is 2. The fourth-order valence-electron chi connectivity index (χ4n) is 6.40. The normalized spacial score (nSPS) is 16.5. The molecule has 45 heavy (non-hydrogen) atoms. The Bertz CT molecular complexity index is 1740. The number of methoxy groups -OCH3 is 1. The average Bonchev–Trinajstić information content (AvgIpc) is 3.67. The number of nitrogens with two attached hydrogens (primary N) is 1. The predicted octanol–water partition coefficient (Wildman–Crippen LogP) is 5.05. The Morgan fingerprint density at radius 1 is 1.18 bits per heavy atom. The number of carbonyl (C=O) groups excluding carboxylic acids is 2. The first-order valence-corrected chi connectivity index (χ1v) is 14.9. The van der Waals surface area contributed by atoms with E-state index in [9.17, 15) is 23.5 Å². The van der Waals surface area contributed by atoms with Gasteiger partial charge in [0.25, 0.3) is 5.91 Å². The van der Waals surface area contributed by atoms with E-state index in [1.165, 1.54) is 30.2 Å². The minimum Gasteiger partial charge on any atom is -0.496 e. The third-order valence-electron chi connectivity index (χ3n) is 8.53. The summed E-state index contributed by atoms with van der Waals surface area (Å²) in [5.74, 6) is -0.761. The predicted molar refractivity (Wildman–Crippen MR) is 169 cm³/mol. The van der Waals surface area contributed by atoms with Crippen molar-refractivity contribution in [3.8, 4) is 11.4 Å². The average molecular weight is 620 g/mol. The molecule has 1 saturated heterocycles. The largest absolute Gasteiger partial charge is 0.496 e. The Kier molecular flexibility index (Phi) is 8.84. The number of carbonyl (C=O) groups is 2. The number of aryl methyl sites for hydroxylation is 1. The van der Waals surface area contributed by atoms with Crippen molar-refractivity contribution in [2.24, 2.45) is 5.73 Å². The van der Waals surface area contributed by atoms with Gasteiger partial charge in [0.05, 0.1) is 24.5 Å². The molecule has 0 bridgehead atoms. The zero-order chi connectivity index (χ0) is 32.5. The highest BCUT2D eigenvalue weighted by molar-refractivity contribution is 5.98. The number of aliphatic hydroxyl groups is 1. The maximum atomic E-state index is 14.5. The van der Waals surface area contributed by atoms with Gasteiger partial charge in [0.1, 0.15) is 29.9 Å². The van der Waals surface area contributed by atoms with Crippen molar-refractivity contribution in [2.45, 2.75) is 57.1 Å². The van der Waals surface area contributed by atoms with Gasteiger partial charge in [0, 0.05) is 35.3 Å². The van der Waals surface area contributed by atoms with Crippen LogP contribution in [0.2, 0.25) is 0 Å². The third kappa shape index (κ3) is 6.49. The lowest BCUT2D eigenvalue weighted by Crippen LogP contribution is -2.44. The van der Waals surface area contributed by atoms with Crippen molar-refractivity contribution in [1.82, 2.24) is 14.7 Å². The molecule has 1 fully saturated rings. The van der Waals surface area contributed by atoms with Crippen molar-refractivity contribution in [3.63, 3.8) is 0 Å². The highest BCUT2D eigenvalue weighted by atomic mass is 19.1. The first-order valence-electron chi connectivity index (χ1n) is 14.9. The van der Waals surface area contributed by atoms with Crippen molar-refractivity contribution in [1.29, 1.82) is 0 Å². The fraction of sp³-hybridized carbons (Fsp3) is 0.382. The number of anilines is 1. The Morgan fingerprint density at radius 3 is 2.67 bits per heavy atom. The number of halogens is 2. The number of amides is 2. The van der Waals surface area contributed by atoms with Crippen LogP contribution in [0.4, 0.5) is 14.5 Å². The van der Waals surface area contributed by atoms with E-state index in [2.05, 4.69) is 10.4 Å². The van der Waals surface area contributed by atoms with Gasteiger partial charge >= 0.3 is 0 Å². The van der Waals surface area contributed by atoms with Crippen LogP contribution in [0.3, 0.4) is 0 Å². The van der Waals surface area contributed by atoms with Gasteiger partial charge in [-0.15, -0.1) is 0 Å². The molecule has 1 aromatic heterocycles. The maximum absolute atomic E-state index is 14.5. The second-order valence-electron chi connectivity index (χ2n) is 12.5. The van der Waals surface area contributed by atoms with E-state index in [4.69, 9.17) is 10.5 Å². The molecule has 3 aromatic carbocycles. The first-order chi connectivity index (χ1) is 21.4. The third-order valence-corrected chi connectivity index (χ3v) is 8.53. The van der Waals surface area contributed by atoms with Gasteiger partial charge in [-0.2, -0.15) is 5.10 Å². The summed E-state index contributed by atoms with van der Waals surface area (Å²) in [6, 6.07) is 14.4. The van der Waals surface area contributed by atoms with Crippen LogP contribution < -0.4 is 15.8 Å². The molecule has 1 aliphatic rings. The summed E-state index contributed by atoms with van der Waals surface area (Å²) in [5, 5.41) is 20.0. The Balaban J connectivity index is 1.40. The fourth-order valence-corrected chi connectivity index (χ4v) is 6.40. The molecular weight excluding hydrogens is 580 g/mol. The minimum atomic E-state index is -1.78. The molecule has 4 aromatic rings. The molecule has 238 valence electrons. The summed E-state index contributed by atoms with van der Waals surface area (Å²) in [7, 11) is 1.49. The Morgan fingerprint density at radius 2 is 1.96 bits per heavy atom. The molecule has 9 nitrogen and oxygen atoms in total. The van der Waals surface area contributed by atoms with Crippen LogP contribution >= 0.6 is 0 Å². The molecule has 4 N–H and O–H groups in total. The molecular formula is C34H39F2N5O4. The highest BCUT2D eigenvalue weighted by Crippen LogP contribution is 2.39.